The van der Waals surface area contributed by atoms with Crippen molar-refractivity contribution in [3.05, 3.63) is 29.8 Å². The van der Waals surface area contributed by atoms with E-state index in [1.54, 1.807) is 0 Å². The number of rotatable bonds is 3. The van der Waals surface area contributed by atoms with Gasteiger partial charge in [-0.25, -0.2) is 0 Å². The van der Waals surface area contributed by atoms with Crippen LogP contribution in [0.3, 0.4) is 0 Å². The molecule has 3 rings (SSSR count). The average molecular weight is 316 g/mol. The lowest BCUT2D eigenvalue weighted by atomic mass is 9.72. The Morgan fingerprint density at radius 3 is 2.22 bits per heavy atom. The first-order chi connectivity index (χ1) is 11.0. The standard InChI is InChI=1S/C21H33NO/c1-21(2,3)18-8-12-20(13-9-18)23-19-10-6-16(7-11-19)17-5-4-14-22-15-17/h6-7,10-11,17-18,20,22H,4-5,8-9,12-15H2,1-3H3. The summed E-state index contributed by atoms with van der Waals surface area (Å²) in [6, 6.07) is 8.90. The van der Waals surface area contributed by atoms with Gasteiger partial charge in [0.2, 0.25) is 0 Å². The van der Waals surface area contributed by atoms with Gasteiger partial charge in [-0.2, -0.15) is 0 Å². The summed E-state index contributed by atoms with van der Waals surface area (Å²) in [6.07, 6.45) is 8.03. The van der Waals surface area contributed by atoms with E-state index < -0.39 is 0 Å². The minimum absolute atomic E-state index is 0.413. The van der Waals surface area contributed by atoms with Crippen LogP contribution in [-0.4, -0.2) is 19.2 Å². The Kier molecular flexibility index (Phi) is 5.31. The molecule has 0 spiro atoms. The minimum Gasteiger partial charge on any atom is -0.490 e. The fourth-order valence-electron chi connectivity index (χ4n) is 4.19. The Morgan fingerprint density at radius 2 is 1.65 bits per heavy atom. The molecule has 2 nitrogen and oxygen atoms in total. The van der Waals surface area contributed by atoms with Gasteiger partial charge in [-0.3, -0.25) is 0 Å². The van der Waals surface area contributed by atoms with Crippen LogP contribution < -0.4 is 10.1 Å². The zero-order valence-corrected chi connectivity index (χ0v) is 15.1. The molecule has 1 aromatic rings. The monoisotopic (exact) mass is 315 g/mol. The van der Waals surface area contributed by atoms with Crippen LogP contribution in [0.25, 0.3) is 0 Å². The van der Waals surface area contributed by atoms with Gasteiger partial charge in [0.15, 0.2) is 0 Å². The van der Waals surface area contributed by atoms with Gasteiger partial charge < -0.3 is 10.1 Å². The summed E-state index contributed by atoms with van der Waals surface area (Å²) < 4.78 is 6.24. The molecule has 0 aromatic heterocycles. The molecule has 1 aliphatic heterocycles. The second-order valence-corrected chi connectivity index (χ2v) is 8.57. The van der Waals surface area contributed by atoms with Gasteiger partial charge in [-0.05, 0) is 80.0 Å². The lowest BCUT2D eigenvalue weighted by molar-refractivity contribution is 0.0882. The van der Waals surface area contributed by atoms with Crippen LogP contribution in [-0.2, 0) is 0 Å². The second kappa shape index (κ2) is 7.25. The molecular formula is C21H33NO. The number of hydrogen-bond donors (Lipinski definition) is 1. The number of ether oxygens (including phenoxy) is 1. The molecule has 2 fully saturated rings. The van der Waals surface area contributed by atoms with Crippen molar-refractivity contribution in [1.29, 1.82) is 0 Å². The lowest BCUT2D eigenvalue weighted by Crippen LogP contribution is -2.30. The third kappa shape index (κ3) is 4.50. The Bertz CT molecular complexity index is 474. The van der Waals surface area contributed by atoms with Crippen molar-refractivity contribution in [3.8, 4) is 5.75 Å². The van der Waals surface area contributed by atoms with Crippen molar-refractivity contribution < 1.29 is 4.74 Å². The smallest absolute Gasteiger partial charge is 0.119 e. The summed E-state index contributed by atoms with van der Waals surface area (Å²) in [5.74, 6) is 2.58. The van der Waals surface area contributed by atoms with E-state index in [9.17, 15) is 0 Å². The SMILES string of the molecule is CC(C)(C)C1CCC(Oc2ccc(C3CCCNC3)cc2)CC1. The number of nitrogens with one attached hydrogen (secondary N) is 1. The molecule has 1 unspecified atom stereocenters. The fraction of sp³-hybridized carbons (Fsp3) is 0.714. The van der Waals surface area contributed by atoms with Crippen LogP contribution in [0.2, 0.25) is 0 Å². The molecule has 1 atom stereocenters. The lowest BCUT2D eigenvalue weighted by Gasteiger charge is -2.37. The van der Waals surface area contributed by atoms with Gasteiger partial charge in [-0.15, -0.1) is 0 Å². The zero-order chi connectivity index (χ0) is 16.3. The van der Waals surface area contributed by atoms with Gasteiger partial charge in [0.05, 0.1) is 6.10 Å². The van der Waals surface area contributed by atoms with Crippen molar-refractivity contribution >= 4 is 0 Å². The zero-order valence-electron chi connectivity index (χ0n) is 15.1. The summed E-state index contributed by atoms with van der Waals surface area (Å²) in [6.45, 7) is 9.42. The van der Waals surface area contributed by atoms with Crippen molar-refractivity contribution in [1.82, 2.24) is 5.32 Å². The third-order valence-corrected chi connectivity index (χ3v) is 5.85. The normalized spacial score (nSPS) is 29.3. The van der Waals surface area contributed by atoms with E-state index in [0.717, 1.165) is 18.2 Å². The molecule has 23 heavy (non-hydrogen) atoms. The quantitative estimate of drug-likeness (QED) is 0.834. The van der Waals surface area contributed by atoms with E-state index in [1.807, 2.05) is 0 Å². The second-order valence-electron chi connectivity index (χ2n) is 8.57. The summed E-state index contributed by atoms with van der Waals surface area (Å²) in [5.41, 5.74) is 1.90. The maximum atomic E-state index is 6.24. The van der Waals surface area contributed by atoms with Gasteiger partial charge in [0, 0.05) is 6.54 Å². The molecule has 1 heterocycles. The van der Waals surface area contributed by atoms with Crippen LogP contribution >= 0.6 is 0 Å². The van der Waals surface area contributed by atoms with Crippen LogP contribution in [0.1, 0.15) is 70.8 Å². The molecule has 1 saturated heterocycles. The molecule has 0 bridgehead atoms. The van der Waals surface area contributed by atoms with E-state index in [-0.39, 0.29) is 0 Å². The van der Waals surface area contributed by atoms with E-state index >= 15 is 0 Å². The number of benzene rings is 1. The summed E-state index contributed by atoms with van der Waals surface area (Å²) >= 11 is 0. The van der Waals surface area contributed by atoms with Crippen LogP contribution in [0.5, 0.6) is 5.75 Å². The first kappa shape index (κ1) is 16.8. The highest BCUT2D eigenvalue weighted by Crippen LogP contribution is 2.38. The Balaban J connectivity index is 1.51. The van der Waals surface area contributed by atoms with Crippen LogP contribution in [0, 0.1) is 11.3 Å². The van der Waals surface area contributed by atoms with Gasteiger partial charge in [-0.1, -0.05) is 32.9 Å². The molecule has 1 aromatic carbocycles. The molecule has 2 aliphatic rings. The first-order valence-corrected chi connectivity index (χ1v) is 9.50. The van der Waals surface area contributed by atoms with Gasteiger partial charge in [0.25, 0.3) is 0 Å². The van der Waals surface area contributed by atoms with Gasteiger partial charge >= 0.3 is 0 Å². The Hall–Kier alpha value is -1.02. The van der Waals surface area contributed by atoms with Crippen LogP contribution in [0.4, 0.5) is 0 Å². The van der Waals surface area contributed by atoms with Crippen molar-refractivity contribution in [3.63, 3.8) is 0 Å². The minimum atomic E-state index is 0.413. The Morgan fingerprint density at radius 1 is 0.957 bits per heavy atom. The topological polar surface area (TPSA) is 21.3 Å². The highest BCUT2D eigenvalue weighted by Gasteiger charge is 2.30. The number of piperidine rings is 1. The summed E-state index contributed by atoms with van der Waals surface area (Å²) in [4.78, 5) is 0. The molecule has 1 N–H and O–H groups in total. The predicted octanol–water partition coefficient (Wildman–Crippen LogP) is 5.14. The molecule has 0 radical (unpaired) electrons. The van der Waals surface area contributed by atoms with E-state index in [2.05, 4.69) is 50.4 Å². The highest BCUT2D eigenvalue weighted by atomic mass is 16.5. The molecule has 1 aliphatic carbocycles. The van der Waals surface area contributed by atoms with E-state index in [1.165, 1.54) is 50.6 Å². The summed E-state index contributed by atoms with van der Waals surface area (Å²) in [7, 11) is 0. The molecule has 0 amide bonds. The molecule has 1 saturated carbocycles. The molecule has 2 heteroatoms. The fourth-order valence-corrected chi connectivity index (χ4v) is 4.19. The first-order valence-electron chi connectivity index (χ1n) is 9.50. The maximum absolute atomic E-state index is 6.24. The predicted molar refractivity (Wildman–Crippen MR) is 97.1 cm³/mol. The number of hydrogen-bond acceptors (Lipinski definition) is 2. The van der Waals surface area contributed by atoms with Crippen LogP contribution in [0.15, 0.2) is 24.3 Å². The van der Waals surface area contributed by atoms with Crippen molar-refractivity contribution in [2.24, 2.45) is 11.3 Å². The average Bonchev–Trinajstić information content (AvgIpc) is 2.56. The molecular weight excluding hydrogens is 282 g/mol. The van der Waals surface area contributed by atoms with E-state index in [0.29, 0.717) is 17.4 Å². The van der Waals surface area contributed by atoms with Crippen molar-refractivity contribution in [2.45, 2.75) is 71.3 Å². The highest BCUT2D eigenvalue weighted by molar-refractivity contribution is 5.30. The van der Waals surface area contributed by atoms with E-state index in [4.69, 9.17) is 4.74 Å². The maximum Gasteiger partial charge on any atom is 0.119 e. The van der Waals surface area contributed by atoms with Gasteiger partial charge in [0.1, 0.15) is 5.75 Å². The third-order valence-electron chi connectivity index (χ3n) is 5.85. The molecule has 128 valence electrons. The van der Waals surface area contributed by atoms with Crippen molar-refractivity contribution in [2.75, 3.05) is 13.1 Å². The largest absolute Gasteiger partial charge is 0.490 e. The Labute approximate surface area is 142 Å². The summed E-state index contributed by atoms with van der Waals surface area (Å²) in [5, 5.41) is 3.50.